The van der Waals surface area contributed by atoms with Gasteiger partial charge in [0.25, 0.3) is 0 Å². The molecule has 2 aromatic carbocycles. The maximum Gasteiger partial charge on any atom is 0.387 e. The van der Waals surface area contributed by atoms with Crippen molar-refractivity contribution in [3.63, 3.8) is 0 Å². The zero-order chi connectivity index (χ0) is 21.9. The van der Waals surface area contributed by atoms with Gasteiger partial charge in [-0.2, -0.15) is 8.78 Å². The molecule has 0 aromatic heterocycles. The van der Waals surface area contributed by atoms with E-state index in [0.717, 1.165) is 11.3 Å². The van der Waals surface area contributed by atoms with E-state index in [2.05, 4.69) is 20.4 Å². The Morgan fingerprint density at radius 2 is 1.77 bits per heavy atom. The molecule has 0 amide bonds. The zero-order valence-electron chi connectivity index (χ0n) is 17.4. The maximum absolute atomic E-state index is 12.2. The summed E-state index contributed by atoms with van der Waals surface area (Å²) in [7, 11) is 0. The number of aliphatic imine (C=N–C) groups is 1. The van der Waals surface area contributed by atoms with Gasteiger partial charge in [-0.05, 0) is 56.2 Å². The van der Waals surface area contributed by atoms with Crippen molar-refractivity contribution in [3.8, 4) is 11.5 Å². The summed E-state index contributed by atoms with van der Waals surface area (Å²) < 4.78 is 34.5. The first-order chi connectivity index (χ1) is 14.4. The second-order valence-corrected chi connectivity index (χ2v) is 6.85. The highest BCUT2D eigenvalue weighted by Gasteiger charge is 2.10. The molecule has 0 bridgehead atoms. The number of aliphatic hydroxyl groups excluding tert-OH is 1. The van der Waals surface area contributed by atoms with Crippen LogP contribution in [-0.2, 0) is 6.54 Å². The Hall–Kier alpha value is -2.87. The summed E-state index contributed by atoms with van der Waals surface area (Å²) in [5, 5.41) is 16.6. The number of nitrogens with zero attached hydrogens (tertiary/aromatic N) is 1. The Morgan fingerprint density at radius 1 is 1.03 bits per heavy atom. The minimum atomic E-state index is -2.88. The summed E-state index contributed by atoms with van der Waals surface area (Å²) in [5.74, 6) is 1.40. The molecule has 0 aliphatic heterocycles. The number of hydrogen-bond donors (Lipinski definition) is 3. The fourth-order valence-corrected chi connectivity index (χ4v) is 2.68. The zero-order valence-corrected chi connectivity index (χ0v) is 17.4. The molecule has 8 heteroatoms. The Kier molecular flexibility index (Phi) is 9.34. The van der Waals surface area contributed by atoms with Gasteiger partial charge in [-0.1, -0.05) is 24.3 Å². The number of guanidine groups is 1. The molecular formula is C22H29F2N3O3. The van der Waals surface area contributed by atoms with Gasteiger partial charge in [-0.15, -0.1) is 0 Å². The molecule has 30 heavy (non-hydrogen) atoms. The number of nitrogens with one attached hydrogen (secondary N) is 2. The summed E-state index contributed by atoms with van der Waals surface area (Å²) in [6, 6.07) is 13.6. The van der Waals surface area contributed by atoms with E-state index in [9.17, 15) is 13.9 Å². The molecule has 0 saturated carbocycles. The van der Waals surface area contributed by atoms with Crippen LogP contribution in [0.3, 0.4) is 0 Å². The SMILES string of the molecule is CCNC(=NCc1cccc(OC(C)C)c1)NCC(O)c1ccc(OC(F)F)cc1. The van der Waals surface area contributed by atoms with Crippen LogP contribution in [0.25, 0.3) is 0 Å². The van der Waals surface area contributed by atoms with Crippen LogP contribution in [0.4, 0.5) is 8.78 Å². The summed E-state index contributed by atoms with van der Waals surface area (Å²) in [6.07, 6.45) is -0.738. The lowest BCUT2D eigenvalue weighted by Gasteiger charge is -2.16. The molecule has 0 aliphatic rings. The average molecular weight is 421 g/mol. The van der Waals surface area contributed by atoms with E-state index >= 15 is 0 Å². The lowest BCUT2D eigenvalue weighted by molar-refractivity contribution is -0.0498. The first-order valence-corrected chi connectivity index (χ1v) is 9.88. The monoisotopic (exact) mass is 421 g/mol. The molecule has 3 N–H and O–H groups in total. The van der Waals surface area contributed by atoms with Gasteiger partial charge in [0.15, 0.2) is 5.96 Å². The highest BCUT2D eigenvalue weighted by atomic mass is 19.3. The van der Waals surface area contributed by atoms with Crippen LogP contribution in [0.15, 0.2) is 53.5 Å². The van der Waals surface area contributed by atoms with Gasteiger partial charge in [0, 0.05) is 13.1 Å². The van der Waals surface area contributed by atoms with Crippen molar-refractivity contribution >= 4 is 5.96 Å². The Labute approximate surface area is 175 Å². The number of benzene rings is 2. The molecular weight excluding hydrogens is 392 g/mol. The molecule has 2 rings (SSSR count). The van der Waals surface area contributed by atoms with E-state index < -0.39 is 12.7 Å². The third-order valence-electron chi connectivity index (χ3n) is 3.99. The van der Waals surface area contributed by atoms with Crippen LogP contribution in [0.1, 0.15) is 38.0 Å². The minimum absolute atomic E-state index is 0.0486. The Morgan fingerprint density at radius 3 is 2.40 bits per heavy atom. The number of rotatable bonds is 10. The van der Waals surface area contributed by atoms with Crippen LogP contribution in [0.2, 0.25) is 0 Å². The van der Waals surface area contributed by atoms with E-state index in [-0.39, 0.29) is 18.4 Å². The van der Waals surface area contributed by atoms with Gasteiger partial charge in [0.05, 0.1) is 18.8 Å². The van der Waals surface area contributed by atoms with Crippen molar-refractivity contribution < 1.29 is 23.4 Å². The number of aliphatic hydroxyl groups is 1. The van der Waals surface area contributed by atoms with Gasteiger partial charge in [-0.3, -0.25) is 0 Å². The predicted molar refractivity (Wildman–Crippen MR) is 113 cm³/mol. The lowest BCUT2D eigenvalue weighted by atomic mass is 10.1. The van der Waals surface area contributed by atoms with Crippen LogP contribution in [0.5, 0.6) is 11.5 Å². The van der Waals surface area contributed by atoms with Crippen LogP contribution >= 0.6 is 0 Å². The molecule has 0 aliphatic carbocycles. The van der Waals surface area contributed by atoms with Gasteiger partial charge in [0.1, 0.15) is 11.5 Å². The first kappa shape index (κ1) is 23.4. The lowest BCUT2D eigenvalue weighted by Crippen LogP contribution is -2.39. The van der Waals surface area contributed by atoms with Crippen LogP contribution < -0.4 is 20.1 Å². The Balaban J connectivity index is 1.94. The molecule has 6 nitrogen and oxygen atoms in total. The fraction of sp³-hybridized carbons (Fsp3) is 0.409. The molecule has 1 unspecified atom stereocenters. The van der Waals surface area contributed by atoms with E-state index in [4.69, 9.17) is 4.74 Å². The van der Waals surface area contributed by atoms with Gasteiger partial charge >= 0.3 is 6.61 Å². The average Bonchev–Trinajstić information content (AvgIpc) is 2.70. The van der Waals surface area contributed by atoms with Crippen molar-refractivity contribution in [1.29, 1.82) is 0 Å². The number of alkyl halides is 2. The predicted octanol–water partition coefficient (Wildman–Crippen LogP) is 3.86. The summed E-state index contributed by atoms with van der Waals surface area (Å²) in [5.41, 5.74) is 1.58. The molecule has 0 fully saturated rings. The van der Waals surface area contributed by atoms with Crippen LogP contribution in [0, 0.1) is 0 Å². The van der Waals surface area contributed by atoms with Crippen molar-refractivity contribution in [2.45, 2.75) is 46.1 Å². The van der Waals surface area contributed by atoms with Gasteiger partial charge in [0.2, 0.25) is 0 Å². The van der Waals surface area contributed by atoms with Gasteiger partial charge < -0.3 is 25.2 Å². The number of halogens is 2. The first-order valence-electron chi connectivity index (χ1n) is 9.88. The van der Waals surface area contributed by atoms with E-state index in [0.29, 0.717) is 24.6 Å². The van der Waals surface area contributed by atoms with Crippen molar-refractivity contribution in [2.75, 3.05) is 13.1 Å². The highest BCUT2D eigenvalue weighted by molar-refractivity contribution is 5.79. The smallest absolute Gasteiger partial charge is 0.387 e. The normalized spacial score (nSPS) is 12.7. The molecule has 0 radical (unpaired) electrons. The van der Waals surface area contributed by atoms with Gasteiger partial charge in [-0.25, -0.2) is 4.99 Å². The molecule has 1 atom stereocenters. The van der Waals surface area contributed by atoms with Crippen molar-refractivity contribution in [2.24, 2.45) is 4.99 Å². The van der Waals surface area contributed by atoms with E-state index in [1.807, 2.05) is 45.0 Å². The summed E-state index contributed by atoms with van der Waals surface area (Å²) in [6.45, 7) is 4.34. The van der Waals surface area contributed by atoms with E-state index in [1.54, 1.807) is 12.1 Å². The standard InChI is InChI=1S/C22H29F2N3O3/c1-4-25-22(26-13-16-6-5-7-19(12-16)29-15(2)3)27-14-20(28)17-8-10-18(11-9-17)30-21(23)24/h5-12,15,20-21,28H,4,13-14H2,1-3H3,(H2,25,26,27). The third-order valence-corrected chi connectivity index (χ3v) is 3.99. The van der Waals surface area contributed by atoms with Crippen LogP contribution in [-0.4, -0.2) is 36.9 Å². The Bertz CT molecular complexity index is 798. The summed E-state index contributed by atoms with van der Waals surface area (Å²) >= 11 is 0. The molecule has 164 valence electrons. The maximum atomic E-state index is 12.2. The second-order valence-electron chi connectivity index (χ2n) is 6.85. The van der Waals surface area contributed by atoms with Crippen molar-refractivity contribution in [1.82, 2.24) is 10.6 Å². The highest BCUT2D eigenvalue weighted by Crippen LogP contribution is 2.19. The number of hydrogen-bond acceptors (Lipinski definition) is 4. The largest absolute Gasteiger partial charge is 0.491 e. The molecule has 2 aromatic rings. The minimum Gasteiger partial charge on any atom is -0.491 e. The fourth-order valence-electron chi connectivity index (χ4n) is 2.68. The summed E-state index contributed by atoms with van der Waals surface area (Å²) in [4.78, 5) is 4.54. The third kappa shape index (κ3) is 8.24. The quantitative estimate of drug-likeness (QED) is 0.401. The van der Waals surface area contributed by atoms with E-state index in [1.165, 1.54) is 12.1 Å². The molecule has 0 spiro atoms. The van der Waals surface area contributed by atoms with Crippen molar-refractivity contribution in [3.05, 3.63) is 59.7 Å². The molecule has 0 heterocycles. The second kappa shape index (κ2) is 12.0. The molecule has 0 saturated heterocycles. The number of ether oxygens (including phenoxy) is 2. The topological polar surface area (TPSA) is 75.1 Å².